The van der Waals surface area contributed by atoms with Crippen molar-refractivity contribution >= 4 is 41.3 Å². The Morgan fingerprint density at radius 2 is 1.67 bits per heavy atom. The number of hydrazone groups is 1. The quantitative estimate of drug-likeness (QED) is 0.200. The topological polar surface area (TPSA) is 86.2 Å². The molecule has 0 saturated heterocycles. The van der Waals surface area contributed by atoms with Crippen LogP contribution in [0.2, 0.25) is 10.0 Å². The first-order valence-corrected chi connectivity index (χ1v) is 10.6. The molecule has 0 aliphatic rings. The molecule has 170 valence electrons. The molecule has 0 bridgehead atoms. The van der Waals surface area contributed by atoms with Crippen LogP contribution in [0.4, 0.5) is 0 Å². The predicted molar refractivity (Wildman–Crippen MR) is 127 cm³/mol. The van der Waals surface area contributed by atoms with Crippen molar-refractivity contribution in [1.29, 1.82) is 0 Å². The first kappa shape index (κ1) is 24.1. The molecule has 1 N–H and O–H groups in total. The van der Waals surface area contributed by atoms with Gasteiger partial charge in [-0.25, -0.2) is 10.2 Å². The zero-order chi connectivity index (χ0) is 23.8. The maximum Gasteiger partial charge on any atom is 0.343 e. The number of rotatable bonds is 8. The van der Waals surface area contributed by atoms with Crippen molar-refractivity contribution in [2.45, 2.75) is 6.92 Å². The second-order valence-corrected chi connectivity index (χ2v) is 7.40. The standard InChI is InChI=1S/C24H20Cl2N2O5/c1-3-32-22-12-15(14-27-28-23(29)17-7-10-19(25)20(26)13-17)4-11-21(22)33-24(30)16-5-8-18(31-2)9-6-16/h4-14H,3H2,1-2H3,(H,28,29)/b27-14+. The van der Waals surface area contributed by atoms with Gasteiger partial charge in [0.1, 0.15) is 5.75 Å². The van der Waals surface area contributed by atoms with Gasteiger partial charge in [-0.1, -0.05) is 23.2 Å². The van der Waals surface area contributed by atoms with Crippen molar-refractivity contribution in [3.05, 3.63) is 87.4 Å². The summed E-state index contributed by atoms with van der Waals surface area (Å²) in [6, 6.07) is 16.0. The molecule has 0 radical (unpaired) electrons. The highest BCUT2D eigenvalue weighted by atomic mass is 35.5. The summed E-state index contributed by atoms with van der Waals surface area (Å²) in [5.41, 5.74) is 3.72. The van der Waals surface area contributed by atoms with Gasteiger partial charge in [-0.15, -0.1) is 0 Å². The van der Waals surface area contributed by atoms with Gasteiger partial charge in [0.2, 0.25) is 0 Å². The summed E-state index contributed by atoms with van der Waals surface area (Å²) >= 11 is 11.8. The molecule has 0 heterocycles. The fourth-order valence-corrected chi connectivity index (χ4v) is 3.01. The Balaban J connectivity index is 1.69. The number of methoxy groups -OCH3 is 1. The van der Waals surface area contributed by atoms with E-state index in [0.29, 0.717) is 39.8 Å². The fourth-order valence-electron chi connectivity index (χ4n) is 2.71. The molecular weight excluding hydrogens is 467 g/mol. The van der Waals surface area contributed by atoms with Gasteiger partial charge in [-0.3, -0.25) is 4.79 Å². The molecule has 0 fully saturated rings. The van der Waals surface area contributed by atoms with Crippen LogP contribution in [0.25, 0.3) is 0 Å². The Morgan fingerprint density at radius 1 is 0.939 bits per heavy atom. The van der Waals surface area contributed by atoms with E-state index in [1.807, 2.05) is 6.92 Å². The van der Waals surface area contributed by atoms with Crippen LogP contribution in [0.15, 0.2) is 65.8 Å². The Morgan fingerprint density at radius 3 is 2.33 bits per heavy atom. The number of esters is 1. The monoisotopic (exact) mass is 486 g/mol. The number of carbonyl (C=O) groups excluding carboxylic acids is 2. The van der Waals surface area contributed by atoms with E-state index < -0.39 is 11.9 Å². The number of hydrogen-bond donors (Lipinski definition) is 1. The molecule has 0 aromatic heterocycles. The van der Waals surface area contributed by atoms with Gasteiger partial charge < -0.3 is 14.2 Å². The second-order valence-electron chi connectivity index (χ2n) is 6.59. The molecule has 0 aliphatic heterocycles. The lowest BCUT2D eigenvalue weighted by Crippen LogP contribution is -2.17. The summed E-state index contributed by atoms with van der Waals surface area (Å²) in [7, 11) is 1.55. The summed E-state index contributed by atoms with van der Waals surface area (Å²) in [6.07, 6.45) is 1.44. The predicted octanol–water partition coefficient (Wildman–Crippen LogP) is 5.38. The van der Waals surface area contributed by atoms with Crippen LogP contribution in [0, 0.1) is 0 Å². The van der Waals surface area contributed by atoms with Gasteiger partial charge in [0.15, 0.2) is 11.5 Å². The van der Waals surface area contributed by atoms with Gasteiger partial charge >= 0.3 is 5.97 Å². The Labute approximate surface area is 200 Å². The minimum Gasteiger partial charge on any atom is -0.497 e. The highest BCUT2D eigenvalue weighted by Crippen LogP contribution is 2.29. The van der Waals surface area contributed by atoms with Crippen LogP contribution >= 0.6 is 23.2 Å². The molecule has 0 atom stereocenters. The highest BCUT2D eigenvalue weighted by Gasteiger charge is 2.13. The normalized spacial score (nSPS) is 10.7. The first-order chi connectivity index (χ1) is 15.9. The SMILES string of the molecule is CCOc1cc(/C=N/NC(=O)c2ccc(Cl)c(Cl)c2)ccc1OC(=O)c1ccc(OC)cc1. The lowest BCUT2D eigenvalue weighted by atomic mass is 10.2. The highest BCUT2D eigenvalue weighted by molar-refractivity contribution is 6.42. The summed E-state index contributed by atoms with van der Waals surface area (Å²) in [5, 5.41) is 4.58. The van der Waals surface area contributed by atoms with Crippen molar-refractivity contribution in [3.63, 3.8) is 0 Å². The van der Waals surface area contributed by atoms with Gasteiger partial charge in [0, 0.05) is 5.56 Å². The van der Waals surface area contributed by atoms with Gasteiger partial charge in [-0.2, -0.15) is 5.10 Å². The van der Waals surface area contributed by atoms with Crippen molar-refractivity contribution in [2.75, 3.05) is 13.7 Å². The molecular formula is C24H20Cl2N2O5. The maximum absolute atomic E-state index is 12.5. The molecule has 7 nitrogen and oxygen atoms in total. The Kier molecular flexibility index (Phi) is 8.29. The summed E-state index contributed by atoms with van der Waals surface area (Å²) < 4.78 is 16.2. The van der Waals surface area contributed by atoms with Crippen molar-refractivity contribution < 1.29 is 23.8 Å². The van der Waals surface area contributed by atoms with Crippen molar-refractivity contribution in [1.82, 2.24) is 5.43 Å². The molecule has 0 spiro atoms. The number of ether oxygens (including phenoxy) is 3. The molecule has 3 aromatic rings. The largest absolute Gasteiger partial charge is 0.497 e. The molecule has 1 amide bonds. The maximum atomic E-state index is 12.5. The number of hydrogen-bond acceptors (Lipinski definition) is 6. The third kappa shape index (κ3) is 6.47. The molecule has 33 heavy (non-hydrogen) atoms. The van der Waals surface area contributed by atoms with Crippen LogP contribution in [0.1, 0.15) is 33.2 Å². The zero-order valence-electron chi connectivity index (χ0n) is 17.8. The zero-order valence-corrected chi connectivity index (χ0v) is 19.3. The van der Waals surface area contributed by atoms with Gasteiger partial charge in [-0.05, 0) is 73.2 Å². The molecule has 9 heteroatoms. The van der Waals surface area contributed by atoms with E-state index >= 15 is 0 Å². The molecule has 0 unspecified atom stereocenters. The molecule has 3 rings (SSSR count). The summed E-state index contributed by atoms with van der Waals surface area (Å²) in [4.78, 5) is 24.7. The Hall–Kier alpha value is -3.55. The summed E-state index contributed by atoms with van der Waals surface area (Å²) in [5.74, 6) is 0.277. The fraction of sp³-hybridized carbons (Fsp3) is 0.125. The molecule has 0 saturated carbocycles. The van der Waals surface area contributed by atoms with E-state index in [-0.39, 0.29) is 10.8 Å². The summed E-state index contributed by atoms with van der Waals surface area (Å²) in [6.45, 7) is 2.18. The van der Waals surface area contributed by atoms with Crippen molar-refractivity contribution in [2.24, 2.45) is 5.10 Å². The first-order valence-electron chi connectivity index (χ1n) is 9.82. The van der Waals surface area contributed by atoms with Crippen molar-refractivity contribution in [3.8, 4) is 17.2 Å². The van der Waals surface area contributed by atoms with E-state index in [2.05, 4.69) is 10.5 Å². The van der Waals surface area contributed by atoms with Crippen LogP contribution in [0.5, 0.6) is 17.2 Å². The second kappa shape index (κ2) is 11.4. The van der Waals surface area contributed by atoms with E-state index in [0.717, 1.165) is 0 Å². The Bertz CT molecular complexity index is 1180. The third-order valence-corrected chi connectivity index (χ3v) is 5.10. The van der Waals surface area contributed by atoms with Crippen LogP contribution in [-0.4, -0.2) is 31.8 Å². The molecule has 3 aromatic carbocycles. The van der Waals surface area contributed by atoms with Gasteiger partial charge in [0.25, 0.3) is 5.91 Å². The van der Waals surface area contributed by atoms with E-state index in [4.69, 9.17) is 37.4 Å². The number of benzene rings is 3. The lowest BCUT2D eigenvalue weighted by Gasteiger charge is -2.11. The minimum absolute atomic E-state index is 0.259. The van der Waals surface area contributed by atoms with Crippen LogP contribution < -0.4 is 19.6 Å². The average Bonchev–Trinajstić information content (AvgIpc) is 2.82. The van der Waals surface area contributed by atoms with Crippen LogP contribution in [0.3, 0.4) is 0 Å². The van der Waals surface area contributed by atoms with Gasteiger partial charge in [0.05, 0.1) is 35.5 Å². The minimum atomic E-state index is -0.533. The number of nitrogens with zero attached hydrogens (tertiary/aromatic N) is 1. The number of carbonyl (C=O) groups is 2. The average molecular weight is 487 g/mol. The lowest BCUT2D eigenvalue weighted by molar-refractivity contribution is 0.0728. The van der Waals surface area contributed by atoms with E-state index in [1.165, 1.54) is 24.4 Å². The number of amides is 1. The molecule has 0 aliphatic carbocycles. The number of halogens is 2. The van der Waals surface area contributed by atoms with E-state index in [9.17, 15) is 9.59 Å². The van der Waals surface area contributed by atoms with Crippen LogP contribution in [-0.2, 0) is 0 Å². The smallest absolute Gasteiger partial charge is 0.343 e. The third-order valence-electron chi connectivity index (χ3n) is 4.36. The van der Waals surface area contributed by atoms with E-state index in [1.54, 1.807) is 49.6 Å². The number of nitrogens with one attached hydrogen (secondary N) is 1.